The fourth-order valence-electron chi connectivity index (χ4n) is 2.46. The molecular formula is C17H19NO5. The Bertz CT molecular complexity index is 660. The van der Waals surface area contributed by atoms with Gasteiger partial charge in [-0.3, -0.25) is 4.79 Å². The van der Waals surface area contributed by atoms with Crippen LogP contribution in [-0.2, 0) is 16.0 Å². The molecule has 0 N–H and O–H groups in total. The molecule has 0 spiro atoms. The summed E-state index contributed by atoms with van der Waals surface area (Å²) in [6, 6.07) is 3.76. The number of fused-ring (bicyclic) bond motifs is 1. The highest BCUT2D eigenvalue weighted by atomic mass is 16.5. The summed E-state index contributed by atoms with van der Waals surface area (Å²) in [5, 5.41) is 9.26. The van der Waals surface area contributed by atoms with E-state index in [1.165, 1.54) is 14.2 Å². The lowest BCUT2D eigenvalue weighted by Gasteiger charge is -2.22. The van der Waals surface area contributed by atoms with Crippen molar-refractivity contribution in [2.24, 2.45) is 5.92 Å². The Labute approximate surface area is 135 Å². The quantitative estimate of drug-likeness (QED) is 0.750. The topological polar surface area (TPSA) is 77.8 Å². The van der Waals surface area contributed by atoms with E-state index < -0.39 is 11.9 Å². The zero-order valence-corrected chi connectivity index (χ0v) is 13.4. The lowest BCUT2D eigenvalue weighted by Crippen LogP contribution is -2.19. The molecule has 6 nitrogen and oxygen atoms in total. The average Bonchev–Trinajstić information content (AvgIpc) is 2.58. The van der Waals surface area contributed by atoms with Crippen LogP contribution in [0.15, 0.2) is 12.1 Å². The second kappa shape index (κ2) is 7.54. The first-order valence-electron chi connectivity index (χ1n) is 7.29. The summed E-state index contributed by atoms with van der Waals surface area (Å²) in [6.45, 7) is 2.38. The number of ether oxygens (including phenoxy) is 4. The van der Waals surface area contributed by atoms with Crippen LogP contribution >= 0.6 is 0 Å². The first-order chi connectivity index (χ1) is 11.2. The van der Waals surface area contributed by atoms with Crippen molar-refractivity contribution in [3.05, 3.63) is 23.3 Å². The van der Waals surface area contributed by atoms with Crippen molar-refractivity contribution in [3.8, 4) is 23.3 Å². The highest BCUT2D eigenvalue weighted by Gasteiger charge is 2.26. The van der Waals surface area contributed by atoms with Crippen LogP contribution in [0.4, 0.5) is 0 Å². The van der Waals surface area contributed by atoms with Gasteiger partial charge in [-0.05, 0) is 31.1 Å². The number of carbonyl (C=O) groups is 1. The van der Waals surface area contributed by atoms with Crippen LogP contribution < -0.4 is 14.2 Å². The van der Waals surface area contributed by atoms with Crippen molar-refractivity contribution in [2.75, 3.05) is 27.4 Å². The smallest absolute Gasteiger partial charge is 0.323 e. The zero-order valence-electron chi connectivity index (χ0n) is 13.4. The van der Waals surface area contributed by atoms with Gasteiger partial charge in [0.05, 0.1) is 26.9 Å². The van der Waals surface area contributed by atoms with Crippen LogP contribution in [0, 0.1) is 17.2 Å². The number of carbonyl (C=O) groups excluding carboxylic acids is 1. The molecular weight excluding hydrogens is 298 g/mol. The summed E-state index contributed by atoms with van der Waals surface area (Å²) in [7, 11) is 3.07. The Morgan fingerprint density at radius 1 is 1.43 bits per heavy atom. The highest BCUT2D eigenvalue weighted by molar-refractivity contribution is 5.77. The Balaban J connectivity index is 2.45. The van der Waals surface area contributed by atoms with Gasteiger partial charge in [-0.2, -0.15) is 5.26 Å². The molecule has 0 aromatic heterocycles. The predicted molar refractivity (Wildman–Crippen MR) is 83.5 cm³/mol. The molecule has 0 radical (unpaired) electrons. The largest absolute Gasteiger partial charge is 0.493 e. The summed E-state index contributed by atoms with van der Waals surface area (Å²) in [4.78, 5) is 11.9. The van der Waals surface area contributed by atoms with E-state index in [0.29, 0.717) is 23.9 Å². The molecule has 1 unspecified atom stereocenters. The molecule has 0 fully saturated rings. The van der Waals surface area contributed by atoms with Crippen molar-refractivity contribution in [3.63, 3.8) is 0 Å². The molecule has 1 aliphatic rings. The van der Waals surface area contributed by atoms with E-state index in [2.05, 4.69) is 0 Å². The van der Waals surface area contributed by atoms with Gasteiger partial charge in [0.1, 0.15) is 12.5 Å². The van der Waals surface area contributed by atoms with Crippen molar-refractivity contribution >= 4 is 12.0 Å². The number of nitriles is 1. The van der Waals surface area contributed by atoms with Gasteiger partial charge in [-0.1, -0.05) is 6.08 Å². The van der Waals surface area contributed by atoms with Gasteiger partial charge < -0.3 is 18.9 Å². The van der Waals surface area contributed by atoms with E-state index in [9.17, 15) is 10.1 Å². The molecule has 6 heteroatoms. The van der Waals surface area contributed by atoms with Gasteiger partial charge in [0.2, 0.25) is 5.75 Å². The summed E-state index contributed by atoms with van der Waals surface area (Å²) in [6.07, 6.45) is 3.98. The fourth-order valence-corrected chi connectivity index (χ4v) is 2.46. The lowest BCUT2D eigenvalue weighted by molar-refractivity contribution is -0.145. The van der Waals surface area contributed by atoms with E-state index in [1.54, 1.807) is 13.0 Å². The third-order valence-electron chi connectivity index (χ3n) is 3.51. The Morgan fingerprint density at radius 3 is 2.83 bits per heavy atom. The Morgan fingerprint density at radius 2 is 2.22 bits per heavy atom. The molecule has 0 aliphatic carbocycles. The molecule has 0 bridgehead atoms. The fraction of sp³-hybridized carbons (Fsp3) is 0.412. The van der Waals surface area contributed by atoms with E-state index in [0.717, 1.165) is 11.1 Å². The number of hydrogen-bond acceptors (Lipinski definition) is 6. The molecule has 0 saturated carbocycles. The normalized spacial score (nSPS) is 13.3. The highest BCUT2D eigenvalue weighted by Crippen LogP contribution is 2.44. The minimum Gasteiger partial charge on any atom is -0.493 e. The lowest BCUT2D eigenvalue weighted by atomic mass is 9.94. The molecule has 0 saturated heterocycles. The summed E-state index contributed by atoms with van der Waals surface area (Å²) >= 11 is 0. The molecule has 23 heavy (non-hydrogen) atoms. The van der Waals surface area contributed by atoms with Crippen molar-refractivity contribution in [1.29, 1.82) is 5.26 Å². The third-order valence-corrected chi connectivity index (χ3v) is 3.51. The van der Waals surface area contributed by atoms with Gasteiger partial charge in [-0.15, -0.1) is 0 Å². The van der Waals surface area contributed by atoms with Gasteiger partial charge >= 0.3 is 5.97 Å². The summed E-state index contributed by atoms with van der Waals surface area (Å²) in [5.74, 6) is 0.147. The van der Waals surface area contributed by atoms with E-state index in [-0.39, 0.29) is 13.0 Å². The maximum atomic E-state index is 11.9. The van der Waals surface area contributed by atoms with Gasteiger partial charge in [0.15, 0.2) is 11.5 Å². The molecule has 1 aromatic carbocycles. The predicted octanol–water partition coefficient (Wildman–Crippen LogP) is 2.35. The number of esters is 1. The van der Waals surface area contributed by atoms with Gasteiger partial charge in [0.25, 0.3) is 0 Å². The first kappa shape index (κ1) is 16.7. The molecule has 2 rings (SSSR count). The number of hydrogen-bond donors (Lipinski definition) is 0. The monoisotopic (exact) mass is 317 g/mol. The van der Waals surface area contributed by atoms with Crippen LogP contribution in [0.25, 0.3) is 6.08 Å². The van der Waals surface area contributed by atoms with Crippen molar-refractivity contribution in [2.45, 2.75) is 13.3 Å². The van der Waals surface area contributed by atoms with Crippen molar-refractivity contribution in [1.82, 2.24) is 0 Å². The van der Waals surface area contributed by atoms with Gasteiger partial charge in [0, 0.05) is 5.56 Å². The number of rotatable bonds is 6. The average molecular weight is 317 g/mol. The van der Waals surface area contributed by atoms with E-state index in [1.807, 2.05) is 18.2 Å². The maximum absolute atomic E-state index is 11.9. The Kier molecular flexibility index (Phi) is 5.47. The summed E-state index contributed by atoms with van der Waals surface area (Å²) < 4.78 is 21.3. The van der Waals surface area contributed by atoms with E-state index in [4.69, 9.17) is 18.9 Å². The minimum atomic E-state index is -0.882. The van der Waals surface area contributed by atoms with Crippen LogP contribution in [0.2, 0.25) is 0 Å². The van der Waals surface area contributed by atoms with Crippen LogP contribution in [0.3, 0.4) is 0 Å². The number of nitrogens with zero attached hydrogens (tertiary/aromatic N) is 1. The first-order valence-corrected chi connectivity index (χ1v) is 7.29. The van der Waals surface area contributed by atoms with Crippen LogP contribution in [0.1, 0.15) is 18.1 Å². The molecule has 0 amide bonds. The summed E-state index contributed by atoms with van der Waals surface area (Å²) in [5.41, 5.74) is 1.56. The van der Waals surface area contributed by atoms with Gasteiger partial charge in [-0.25, -0.2) is 0 Å². The van der Waals surface area contributed by atoms with Crippen molar-refractivity contribution < 1.29 is 23.7 Å². The molecule has 1 atom stereocenters. The molecule has 122 valence electrons. The second-order valence-electron chi connectivity index (χ2n) is 4.87. The second-order valence-corrected chi connectivity index (χ2v) is 4.87. The standard InChI is InChI=1S/C17H19NO5/c1-4-22-17(19)12(10-18)8-11-9-14(20-2)16(21-3)15-13(11)6-5-7-23-15/h5-6,9,12H,4,7-8H2,1-3H3. The maximum Gasteiger partial charge on any atom is 0.323 e. The SMILES string of the molecule is CCOC(=O)C(C#N)Cc1cc(OC)c(OC)c2c1C=CCO2. The van der Waals surface area contributed by atoms with Crippen LogP contribution in [-0.4, -0.2) is 33.4 Å². The molecule has 1 aliphatic heterocycles. The van der Waals surface area contributed by atoms with E-state index >= 15 is 0 Å². The molecule has 1 heterocycles. The zero-order chi connectivity index (χ0) is 16.8. The van der Waals surface area contributed by atoms with Crippen LogP contribution in [0.5, 0.6) is 17.2 Å². The Hall–Kier alpha value is -2.68. The minimum absolute atomic E-state index is 0.214. The number of benzene rings is 1. The third kappa shape index (κ3) is 3.39. The number of methoxy groups -OCH3 is 2. The molecule has 1 aromatic rings.